The van der Waals surface area contributed by atoms with Crippen LogP contribution in [0.15, 0.2) is 57.9 Å². The Hall–Kier alpha value is -4.35. The highest BCUT2D eigenvalue weighted by atomic mass is 35.5. The Kier molecular flexibility index (Phi) is 7.18. The number of anilines is 1. The molecule has 1 aromatic heterocycles. The van der Waals surface area contributed by atoms with Crippen molar-refractivity contribution in [3.05, 3.63) is 80.9 Å². The van der Waals surface area contributed by atoms with Crippen molar-refractivity contribution < 1.29 is 38.6 Å². The average molecular weight is 541 g/mol. The van der Waals surface area contributed by atoms with Crippen LogP contribution in [0.5, 0.6) is 0 Å². The maximum Gasteiger partial charge on any atom is 0.335 e. The summed E-state index contributed by atoms with van der Waals surface area (Å²) < 4.78 is 5.65. The number of aromatic carboxylic acids is 2. The number of carboxylic acids is 2. The van der Waals surface area contributed by atoms with E-state index in [0.29, 0.717) is 22.5 Å². The first-order valence-electron chi connectivity index (χ1n) is 10.5. The second-order valence-electron chi connectivity index (χ2n) is 7.89. The van der Waals surface area contributed by atoms with Crippen molar-refractivity contribution in [3.8, 4) is 11.3 Å². The predicted molar refractivity (Wildman–Crippen MR) is 136 cm³/mol. The lowest BCUT2D eigenvalue weighted by molar-refractivity contribution is -0.127. The number of benzene rings is 2. The van der Waals surface area contributed by atoms with E-state index >= 15 is 0 Å². The summed E-state index contributed by atoms with van der Waals surface area (Å²) in [7, 11) is 0. The quantitative estimate of drug-likeness (QED) is 0.352. The van der Waals surface area contributed by atoms with Crippen LogP contribution in [0.2, 0.25) is 5.02 Å². The van der Waals surface area contributed by atoms with E-state index in [4.69, 9.17) is 16.0 Å². The van der Waals surface area contributed by atoms with Crippen molar-refractivity contribution in [3.63, 3.8) is 0 Å². The number of carboxylic acid groups (broad SMARTS) is 2. The molecular formula is C25H17ClN2O8S. The summed E-state index contributed by atoms with van der Waals surface area (Å²) in [5.74, 6) is -3.56. The van der Waals surface area contributed by atoms with Crippen molar-refractivity contribution >= 4 is 64.1 Å². The zero-order valence-corrected chi connectivity index (χ0v) is 20.6. The largest absolute Gasteiger partial charge is 0.478 e. The summed E-state index contributed by atoms with van der Waals surface area (Å²) in [5, 5.41) is 20.9. The number of rotatable bonds is 7. The van der Waals surface area contributed by atoms with Gasteiger partial charge < -0.3 is 19.9 Å². The summed E-state index contributed by atoms with van der Waals surface area (Å²) in [5.41, 5.74) is 0.949. The molecule has 3 aromatic rings. The maximum atomic E-state index is 12.8. The van der Waals surface area contributed by atoms with Gasteiger partial charge in [0.15, 0.2) is 0 Å². The monoisotopic (exact) mass is 540 g/mol. The standard InChI is InChI=1S/C25H17ClN2O8S/c1-12-2-3-16(26)9-18(12)27-21(29)11-28-22(30)20(37-25(28)35)10-17-4-5-19(36-17)13-6-14(23(31)32)8-15(7-13)24(33)34/h2-10H,11H2,1H3,(H,27,29)(H,31,32)(H,33,34)/b20-10+. The van der Waals surface area contributed by atoms with Gasteiger partial charge in [0.1, 0.15) is 18.1 Å². The number of hydrogen-bond donors (Lipinski definition) is 3. The van der Waals surface area contributed by atoms with E-state index in [1.165, 1.54) is 30.3 Å². The molecule has 0 spiro atoms. The van der Waals surface area contributed by atoms with Crippen LogP contribution in [-0.4, -0.2) is 50.6 Å². The number of nitrogens with one attached hydrogen (secondary N) is 1. The Labute approximate surface area is 218 Å². The maximum absolute atomic E-state index is 12.8. The summed E-state index contributed by atoms with van der Waals surface area (Å²) in [4.78, 5) is 61.2. The lowest BCUT2D eigenvalue weighted by atomic mass is 10.0. The SMILES string of the molecule is Cc1ccc(Cl)cc1NC(=O)CN1C(=O)S/C(=C/c2ccc(-c3cc(C(=O)O)cc(C(=O)O)c3)o2)C1=O. The zero-order chi connectivity index (χ0) is 26.9. The second-order valence-corrected chi connectivity index (χ2v) is 9.32. The molecule has 37 heavy (non-hydrogen) atoms. The molecule has 3 N–H and O–H groups in total. The molecule has 0 bridgehead atoms. The Morgan fingerprint density at radius 3 is 2.35 bits per heavy atom. The van der Waals surface area contributed by atoms with Crippen LogP contribution in [0.3, 0.4) is 0 Å². The number of carbonyl (C=O) groups is 5. The molecule has 2 aromatic carbocycles. The molecule has 1 aliphatic rings. The Bertz CT molecular complexity index is 1480. The van der Waals surface area contributed by atoms with Gasteiger partial charge in [-0.1, -0.05) is 17.7 Å². The first-order chi connectivity index (χ1) is 17.5. The smallest absolute Gasteiger partial charge is 0.335 e. The van der Waals surface area contributed by atoms with Crippen molar-refractivity contribution in [2.75, 3.05) is 11.9 Å². The minimum atomic E-state index is -1.31. The molecule has 2 heterocycles. The van der Waals surface area contributed by atoms with E-state index < -0.39 is 35.5 Å². The molecule has 0 atom stereocenters. The van der Waals surface area contributed by atoms with Gasteiger partial charge in [0, 0.05) is 22.3 Å². The fourth-order valence-electron chi connectivity index (χ4n) is 3.43. The molecule has 10 nitrogen and oxygen atoms in total. The number of carbonyl (C=O) groups excluding carboxylic acids is 3. The predicted octanol–water partition coefficient (Wildman–Crippen LogP) is 4.98. The molecule has 12 heteroatoms. The Balaban J connectivity index is 1.51. The molecule has 1 fully saturated rings. The van der Waals surface area contributed by atoms with E-state index in [9.17, 15) is 34.2 Å². The molecule has 188 valence electrons. The molecule has 1 aliphatic heterocycles. The summed E-state index contributed by atoms with van der Waals surface area (Å²) in [6.45, 7) is 1.27. The lowest BCUT2D eigenvalue weighted by Crippen LogP contribution is -2.36. The molecule has 1 saturated heterocycles. The Morgan fingerprint density at radius 2 is 1.70 bits per heavy atom. The molecule has 0 unspecified atom stereocenters. The number of thioether (sulfide) groups is 1. The first kappa shape index (κ1) is 25.7. The highest BCUT2D eigenvalue weighted by Gasteiger charge is 2.36. The molecule has 0 saturated carbocycles. The van der Waals surface area contributed by atoms with Gasteiger partial charge >= 0.3 is 11.9 Å². The van der Waals surface area contributed by atoms with Gasteiger partial charge in [-0.15, -0.1) is 0 Å². The minimum Gasteiger partial charge on any atom is -0.478 e. The van der Waals surface area contributed by atoms with Crippen molar-refractivity contribution in [2.24, 2.45) is 0 Å². The zero-order valence-electron chi connectivity index (χ0n) is 19.0. The number of furan rings is 1. The van der Waals surface area contributed by atoms with Crippen molar-refractivity contribution in [1.82, 2.24) is 4.90 Å². The van der Waals surface area contributed by atoms with Gasteiger partial charge in [-0.05, 0) is 66.7 Å². The number of nitrogens with zero attached hydrogens (tertiary/aromatic N) is 1. The molecule has 3 amide bonds. The van der Waals surface area contributed by atoms with Crippen molar-refractivity contribution in [2.45, 2.75) is 6.92 Å². The molecule has 0 radical (unpaired) electrons. The summed E-state index contributed by atoms with van der Waals surface area (Å²) in [6, 6.07) is 11.4. The normalized spacial score (nSPS) is 14.3. The number of amides is 3. The van der Waals surface area contributed by atoms with Crippen LogP contribution >= 0.6 is 23.4 Å². The highest BCUT2D eigenvalue weighted by Crippen LogP contribution is 2.34. The fraction of sp³-hybridized carbons (Fsp3) is 0.0800. The minimum absolute atomic E-state index is 0.0168. The van der Waals surface area contributed by atoms with E-state index in [0.717, 1.165) is 16.5 Å². The first-order valence-corrected chi connectivity index (χ1v) is 11.7. The summed E-state index contributed by atoms with van der Waals surface area (Å²) in [6.07, 6.45) is 1.31. The van der Waals surface area contributed by atoms with Crippen LogP contribution in [0, 0.1) is 6.92 Å². The topological polar surface area (TPSA) is 154 Å². The number of hydrogen-bond acceptors (Lipinski definition) is 7. The molecule has 4 rings (SSSR count). The number of aryl methyl sites for hydroxylation is 1. The van der Waals surface area contributed by atoms with E-state index in [1.807, 2.05) is 0 Å². The number of imide groups is 1. The van der Waals surface area contributed by atoms with Crippen LogP contribution in [0.1, 0.15) is 32.0 Å². The van der Waals surface area contributed by atoms with Gasteiger partial charge in [-0.25, -0.2) is 9.59 Å². The third-order valence-electron chi connectivity index (χ3n) is 5.26. The van der Waals surface area contributed by atoms with Crippen LogP contribution in [-0.2, 0) is 9.59 Å². The van der Waals surface area contributed by atoms with E-state index in [2.05, 4.69) is 5.32 Å². The lowest BCUT2D eigenvalue weighted by Gasteiger charge is -2.13. The second kappa shape index (κ2) is 10.3. The van der Waals surface area contributed by atoms with E-state index in [1.54, 1.807) is 25.1 Å². The van der Waals surface area contributed by atoms with E-state index in [-0.39, 0.29) is 33.1 Å². The average Bonchev–Trinajstić information content (AvgIpc) is 3.41. The van der Waals surface area contributed by atoms with Gasteiger partial charge in [0.2, 0.25) is 5.91 Å². The van der Waals surface area contributed by atoms with Gasteiger partial charge in [0.25, 0.3) is 11.1 Å². The summed E-state index contributed by atoms with van der Waals surface area (Å²) >= 11 is 6.59. The van der Waals surface area contributed by atoms with Crippen LogP contribution in [0.25, 0.3) is 17.4 Å². The third-order valence-corrected chi connectivity index (χ3v) is 6.40. The molecular weight excluding hydrogens is 524 g/mol. The van der Waals surface area contributed by atoms with Gasteiger partial charge in [0.05, 0.1) is 16.0 Å². The highest BCUT2D eigenvalue weighted by molar-refractivity contribution is 8.18. The third kappa shape index (κ3) is 5.74. The van der Waals surface area contributed by atoms with Crippen LogP contribution in [0.4, 0.5) is 10.5 Å². The van der Waals surface area contributed by atoms with Gasteiger partial charge in [-0.2, -0.15) is 0 Å². The number of halogens is 1. The fourth-order valence-corrected chi connectivity index (χ4v) is 4.42. The van der Waals surface area contributed by atoms with Crippen LogP contribution < -0.4 is 5.32 Å². The van der Waals surface area contributed by atoms with Gasteiger partial charge in [-0.3, -0.25) is 19.3 Å². The molecule has 0 aliphatic carbocycles. The van der Waals surface area contributed by atoms with Crippen molar-refractivity contribution in [1.29, 1.82) is 0 Å². The Morgan fingerprint density at radius 1 is 1.03 bits per heavy atom.